The van der Waals surface area contributed by atoms with Gasteiger partial charge in [0, 0.05) is 0 Å². The molecule has 5 nitrogen and oxygen atoms in total. The van der Waals surface area contributed by atoms with Crippen LogP contribution < -0.4 is 15.0 Å². The van der Waals surface area contributed by atoms with Crippen LogP contribution in [0.15, 0.2) is 42.0 Å². The fraction of sp³-hybridized carbons (Fsp3) is 0.0500. The molecule has 0 aliphatic carbocycles. The molecule has 2 amide bonds. The van der Waals surface area contributed by atoms with Crippen molar-refractivity contribution in [2.75, 3.05) is 11.5 Å². The summed E-state index contributed by atoms with van der Waals surface area (Å²) >= 11 is 19.5. The van der Waals surface area contributed by atoms with Gasteiger partial charge in [-0.25, -0.2) is 0 Å². The number of halogens is 3. The van der Waals surface area contributed by atoms with Gasteiger partial charge in [0.1, 0.15) is 17.9 Å². The maximum atomic E-state index is 13.1. The maximum Gasteiger partial charge on any atom is 0.270 e. The van der Waals surface area contributed by atoms with Crippen LogP contribution in [0.1, 0.15) is 5.56 Å². The monoisotopic (exact) mass is 556 g/mol. The zero-order valence-electron chi connectivity index (χ0n) is 14.5. The van der Waals surface area contributed by atoms with Crippen LogP contribution in [0.3, 0.4) is 0 Å². The minimum Gasteiger partial charge on any atom is -0.480 e. The number of rotatable bonds is 4. The smallest absolute Gasteiger partial charge is 0.270 e. The molecule has 1 fully saturated rings. The first kappa shape index (κ1) is 21.6. The van der Waals surface area contributed by atoms with Crippen molar-refractivity contribution in [2.24, 2.45) is 0 Å². The van der Waals surface area contributed by atoms with E-state index in [1.807, 2.05) is 0 Å². The zero-order valence-corrected chi connectivity index (χ0v) is 19.0. The Morgan fingerprint density at radius 3 is 2.72 bits per heavy atom. The number of nitrogens with one attached hydrogen (secondary N) is 1. The molecular weight excluding hydrogens is 546 g/mol. The molecule has 0 atom stereocenters. The van der Waals surface area contributed by atoms with Crippen LogP contribution in [-0.4, -0.2) is 23.5 Å². The highest BCUT2D eigenvalue weighted by Gasteiger charge is 2.35. The first-order chi connectivity index (χ1) is 13.8. The van der Waals surface area contributed by atoms with E-state index in [2.05, 4.69) is 33.8 Å². The summed E-state index contributed by atoms with van der Waals surface area (Å²) in [6.07, 6.45) is 6.67. The second kappa shape index (κ2) is 9.13. The molecule has 0 radical (unpaired) electrons. The van der Waals surface area contributed by atoms with Crippen molar-refractivity contribution < 1.29 is 14.3 Å². The van der Waals surface area contributed by atoms with E-state index in [-0.39, 0.29) is 33.0 Å². The number of hydrogen-bond donors (Lipinski definition) is 1. The summed E-state index contributed by atoms with van der Waals surface area (Å²) in [5.74, 6) is 1.80. The molecule has 2 aromatic carbocycles. The third-order valence-electron chi connectivity index (χ3n) is 3.85. The Balaban J connectivity index is 1.99. The predicted molar refractivity (Wildman–Crippen MR) is 126 cm³/mol. The summed E-state index contributed by atoms with van der Waals surface area (Å²) in [5, 5.41) is 2.85. The van der Waals surface area contributed by atoms with Crippen LogP contribution in [0.2, 0.25) is 10.0 Å². The molecule has 29 heavy (non-hydrogen) atoms. The molecule has 1 saturated heterocycles. The third kappa shape index (κ3) is 4.56. The number of ether oxygens (including phenoxy) is 1. The molecule has 0 aromatic heterocycles. The van der Waals surface area contributed by atoms with Gasteiger partial charge in [0.2, 0.25) is 0 Å². The van der Waals surface area contributed by atoms with Crippen molar-refractivity contribution in [3.05, 3.63) is 61.2 Å². The second-order valence-corrected chi connectivity index (χ2v) is 8.05. The number of anilines is 1. The van der Waals surface area contributed by atoms with Gasteiger partial charge in [0.25, 0.3) is 11.8 Å². The fourth-order valence-electron chi connectivity index (χ4n) is 2.55. The van der Waals surface area contributed by atoms with Gasteiger partial charge in [-0.05, 0) is 70.7 Å². The lowest BCUT2D eigenvalue weighted by Gasteiger charge is -2.29. The van der Waals surface area contributed by atoms with Gasteiger partial charge in [-0.15, -0.1) is 6.42 Å². The number of carbonyl (C=O) groups is 2. The molecule has 1 aliphatic rings. The van der Waals surface area contributed by atoms with Crippen molar-refractivity contribution in [1.29, 1.82) is 0 Å². The Hall–Kier alpha value is -2.12. The summed E-state index contributed by atoms with van der Waals surface area (Å²) in [4.78, 5) is 26.6. The minimum absolute atomic E-state index is 0.0751. The summed E-state index contributed by atoms with van der Waals surface area (Å²) in [5.41, 5.74) is 0.821. The van der Waals surface area contributed by atoms with E-state index in [9.17, 15) is 9.59 Å². The van der Waals surface area contributed by atoms with E-state index in [1.165, 1.54) is 6.08 Å². The van der Waals surface area contributed by atoms with Gasteiger partial charge >= 0.3 is 0 Å². The minimum atomic E-state index is -0.606. The molecule has 0 spiro atoms. The number of thiocarbonyl (C=S) groups is 1. The van der Waals surface area contributed by atoms with Gasteiger partial charge in [-0.3, -0.25) is 19.8 Å². The summed E-state index contributed by atoms with van der Waals surface area (Å²) in [6.45, 7) is 0.143. The Labute approximate surface area is 196 Å². The van der Waals surface area contributed by atoms with Crippen molar-refractivity contribution in [3.8, 4) is 18.1 Å². The summed E-state index contributed by atoms with van der Waals surface area (Å²) in [7, 11) is 0. The Kier molecular flexibility index (Phi) is 6.80. The largest absolute Gasteiger partial charge is 0.480 e. The van der Waals surface area contributed by atoms with Crippen molar-refractivity contribution >= 4 is 86.7 Å². The second-order valence-electron chi connectivity index (χ2n) is 5.71. The first-order valence-corrected chi connectivity index (χ1v) is 10.3. The maximum absolute atomic E-state index is 13.1. The number of amides is 2. The van der Waals surface area contributed by atoms with E-state index in [0.717, 1.165) is 8.47 Å². The number of carbonyl (C=O) groups excluding carboxylic acids is 2. The van der Waals surface area contributed by atoms with Crippen LogP contribution in [0.4, 0.5) is 5.69 Å². The standard InChI is InChI=1S/C20H11Cl2IN2O3S/c1-2-8-28-16-7-6-11(10-14(16)23)9-12-18(26)24-20(29)25(19(12)27)15-5-3-4-13(21)17(15)22/h1,3-7,9-10H,8H2,(H,24,26,29)/b12-9+. The van der Waals surface area contributed by atoms with E-state index >= 15 is 0 Å². The van der Waals surface area contributed by atoms with Crippen LogP contribution in [-0.2, 0) is 9.59 Å². The van der Waals surface area contributed by atoms with Crippen LogP contribution in [0.25, 0.3) is 6.08 Å². The summed E-state index contributed by atoms with van der Waals surface area (Å²) < 4.78 is 6.20. The quantitative estimate of drug-likeness (QED) is 0.199. The topological polar surface area (TPSA) is 58.6 Å². The van der Waals surface area contributed by atoms with E-state index in [4.69, 9.17) is 46.6 Å². The van der Waals surface area contributed by atoms with Crippen molar-refractivity contribution in [1.82, 2.24) is 5.32 Å². The SMILES string of the molecule is C#CCOc1ccc(/C=C2\C(=O)NC(=S)N(c3cccc(Cl)c3Cl)C2=O)cc1I. The molecule has 1 heterocycles. The lowest BCUT2D eigenvalue weighted by molar-refractivity contribution is -0.122. The highest BCUT2D eigenvalue weighted by atomic mass is 127. The van der Waals surface area contributed by atoms with Gasteiger partial charge in [0.15, 0.2) is 5.11 Å². The molecule has 3 rings (SSSR count). The highest BCUT2D eigenvalue weighted by Crippen LogP contribution is 2.34. The van der Waals surface area contributed by atoms with E-state index in [0.29, 0.717) is 11.3 Å². The van der Waals surface area contributed by atoms with Crippen molar-refractivity contribution in [3.63, 3.8) is 0 Å². The van der Waals surface area contributed by atoms with E-state index in [1.54, 1.807) is 36.4 Å². The van der Waals surface area contributed by atoms with E-state index < -0.39 is 11.8 Å². The number of benzene rings is 2. The van der Waals surface area contributed by atoms with Gasteiger partial charge in [-0.1, -0.05) is 41.3 Å². The highest BCUT2D eigenvalue weighted by molar-refractivity contribution is 14.1. The Morgan fingerprint density at radius 1 is 1.28 bits per heavy atom. The molecule has 0 unspecified atom stereocenters. The number of nitrogens with zero attached hydrogens (tertiary/aromatic N) is 1. The molecule has 2 aromatic rings. The van der Waals surface area contributed by atoms with Crippen LogP contribution >= 0.6 is 58.0 Å². The van der Waals surface area contributed by atoms with Gasteiger partial charge in [-0.2, -0.15) is 0 Å². The number of hydrogen-bond acceptors (Lipinski definition) is 4. The van der Waals surface area contributed by atoms with Gasteiger partial charge in [0.05, 0.1) is 19.3 Å². The number of terminal acetylenes is 1. The Bertz CT molecular complexity index is 1110. The molecule has 0 bridgehead atoms. The third-order valence-corrected chi connectivity index (χ3v) is 5.79. The molecule has 1 aliphatic heterocycles. The normalized spacial score (nSPS) is 15.3. The van der Waals surface area contributed by atoms with Crippen LogP contribution in [0, 0.1) is 15.9 Å². The fourth-order valence-corrected chi connectivity index (χ4v) is 3.90. The Morgan fingerprint density at radius 2 is 2.03 bits per heavy atom. The van der Waals surface area contributed by atoms with Gasteiger partial charge < -0.3 is 4.74 Å². The zero-order chi connectivity index (χ0) is 21.1. The molecule has 0 saturated carbocycles. The van der Waals surface area contributed by atoms with Crippen LogP contribution in [0.5, 0.6) is 5.75 Å². The molecule has 9 heteroatoms. The lowest BCUT2D eigenvalue weighted by Crippen LogP contribution is -2.54. The average molecular weight is 557 g/mol. The molecular formula is C20H11Cl2IN2O3S. The predicted octanol–water partition coefficient (Wildman–Crippen LogP) is 4.44. The first-order valence-electron chi connectivity index (χ1n) is 8.04. The summed E-state index contributed by atoms with van der Waals surface area (Å²) in [6, 6.07) is 10.0. The van der Waals surface area contributed by atoms with Crippen molar-refractivity contribution in [2.45, 2.75) is 0 Å². The molecule has 1 N–H and O–H groups in total. The lowest BCUT2D eigenvalue weighted by atomic mass is 10.1. The average Bonchev–Trinajstić information content (AvgIpc) is 2.67. The molecule has 146 valence electrons.